The van der Waals surface area contributed by atoms with Gasteiger partial charge in [-0.1, -0.05) is 54.6 Å². The summed E-state index contributed by atoms with van der Waals surface area (Å²) in [5, 5.41) is 11.4. The first-order valence-corrected chi connectivity index (χ1v) is 11.2. The minimum absolute atomic E-state index is 0. The first-order valence-electron chi connectivity index (χ1n) is 11.2. The maximum Gasteiger partial charge on any atom is 0.191 e. The SMILES string of the molecule is CN=C(NCc1ccccc1Cn1cccn1)NCC(c1ccccc1)N1CCOCC1.I. The molecule has 0 radical (unpaired) electrons. The van der Waals surface area contributed by atoms with Crippen molar-refractivity contribution in [3.8, 4) is 0 Å². The van der Waals surface area contributed by atoms with Gasteiger partial charge in [0.15, 0.2) is 5.96 Å². The van der Waals surface area contributed by atoms with E-state index in [0.717, 1.165) is 45.4 Å². The zero-order valence-corrected chi connectivity index (χ0v) is 21.4. The summed E-state index contributed by atoms with van der Waals surface area (Å²) in [6, 6.07) is 21.3. The predicted octanol–water partition coefficient (Wildman–Crippen LogP) is 3.29. The number of halogens is 1. The van der Waals surface area contributed by atoms with Crippen molar-refractivity contribution in [3.05, 3.63) is 89.7 Å². The monoisotopic (exact) mass is 560 g/mol. The van der Waals surface area contributed by atoms with Crippen molar-refractivity contribution < 1.29 is 4.74 Å². The molecule has 1 fully saturated rings. The summed E-state index contributed by atoms with van der Waals surface area (Å²) in [7, 11) is 1.82. The lowest BCUT2D eigenvalue weighted by molar-refractivity contribution is 0.0170. The van der Waals surface area contributed by atoms with Crippen molar-refractivity contribution in [3.63, 3.8) is 0 Å². The van der Waals surface area contributed by atoms with Gasteiger partial charge in [0.2, 0.25) is 0 Å². The Morgan fingerprint density at radius 3 is 2.42 bits per heavy atom. The van der Waals surface area contributed by atoms with Gasteiger partial charge in [-0.2, -0.15) is 5.10 Å². The van der Waals surface area contributed by atoms with Crippen LogP contribution in [0.3, 0.4) is 0 Å². The number of nitrogens with zero attached hydrogens (tertiary/aromatic N) is 4. The van der Waals surface area contributed by atoms with Gasteiger partial charge in [0.25, 0.3) is 0 Å². The summed E-state index contributed by atoms with van der Waals surface area (Å²) < 4.78 is 7.51. The van der Waals surface area contributed by atoms with E-state index in [1.807, 2.05) is 30.2 Å². The molecule has 2 aromatic carbocycles. The van der Waals surface area contributed by atoms with Gasteiger partial charge in [-0.3, -0.25) is 14.6 Å². The molecule has 1 aromatic heterocycles. The Bertz CT molecular complexity index is 974. The fraction of sp³-hybridized carbons (Fsp3) is 0.360. The summed E-state index contributed by atoms with van der Waals surface area (Å²) in [4.78, 5) is 6.94. The van der Waals surface area contributed by atoms with Crippen molar-refractivity contribution in [1.82, 2.24) is 25.3 Å². The molecule has 0 bridgehead atoms. The molecule has 8 heteroatoms. The van der Waals surface area contributed by atoms with Crippen LogP contribution in [0.4, 0.5) is 0 Å². The Morgan fingerprint density at radius 2 is 1.73 bits per heavy atom. The van der Waals surface area contributed by atoms with Gasteiger partial charge in [-0.25, -0.2) is 0 Å². The van der Waals surface area contributed by atoms with Crippen LogP contribution in [-0.2, 0) is 17.8 Å². The number of hydrogen-bond donors (Lipinski definition) is 2. The largest absolute Gasteiger partial charge is 0.379 e. The Hall–Kier alpha value is -2.43. The Balaban J connectivity index is 0.00000306. The Kier molecular flexibility index (Phi) is 10.2. The van der Waals surface area contributed by atoms with Crippen LogP contribution in [0.5, 0.6) is 0 Å². The number of guanidine groups is 1. The molecule has 2 N–H and O–H groups in total. The molecule has 0 amide bonds. The molecule has 1 aliphatic heterocycles. The van der Waals surface area contributed by atoms with E-state index in [9.17, 15) is 0 Å². The number of nitrogens with one attached hydrogen (secondary N) is 2. The van der Waals surface area contributed by atoms with E-state index in [0.29, 0.717) is 6.54 Å². The summed E-state index contributed by atoms with van der Waals surface area (Å²) in [5.74, 6) is 0.799. The average Bonchev–Trinajstić information content (AvgIpc) is 3.36. The zero-order valence-electron chi connectivity index (χ0n) is 19.1. The van der Waals surface area contributed by atoms with Crippen molar-refractivity contribution >= 4 is 29.9 Å². The van der Waals surface area contributed by atoms with Crippen LogP contribution < -0.4 is 10.6 Å². The molecule has 1 aliphatic rings. The molecule has 1 unspecified atom stereocenters. The highest BCUT2D eigenvalue weighted by atomic mass is 127. The first-order chi connectivity index (χ1) is 15.8. The van der Waals surface area contributed by atoms with Gasteiger partial charge in [0.05, 0.1) is 25.8 Å². The number of hydrogen-bond acceptors (Lipinski definition) is 4. The first kappa shape index (κ1) is 25.2. The number of morpholine rings is 1. The summed E-state index contributed by atoms with van der Waals surface area (Å²) >= 11 is 0. The molecule has 1 saturated heterocycles. The van der Waals surface area contributed by atoms with Gasteiger partial charge in [-0.15, -0.1) is 24.0 Å². The molecule has 0 saturated carbocycles. The molecule has 176 valence electrons. The van der Waals surface area contributed by atoms with Crippen molar-refractivity contribution in [2.24, 2.45) is 4.99 Å². The van der Waals surface area contributed by atoms with Crippen LogP contribution in [0.1, 0.15) is 22.7 Å². The Morgan fingerprint density at radius 1 is 1.00 bits per heavy atom. The predicted molar refractivity (Wildman–Crippen MR) is 143 cm³/mol. The number of aliphatic imine (C=N–C) groups is 1. The van der Waals surface area contributed by atoms with E-state index < -0.39 is 0 Å². The van der Waals surface area contributed by atoms with E-state index in [-0.39, 0.29) is 30.0 Å². The number of aromatic nitrogens is 2. The van der Waals surface area contributed by atoms with E-state index >= 15 is 0 Å². The third kappa shape index (κ3) is 7.28. The number of benzene rings is 2. The third-order valence-corrected chi connectivity index (χ3v) is 5.81. The summed E-state index contributed by atoms with van der Waals surface area (Å²) in [6.45, 7) is 5.67. The van der Waals surface area contributed by atoms with Crippen molar-refractivity contribution in [2.45, 2.75) is 19.1 Å². The second-order valence-corrected chi connectivity index (χ2v) is 7.85. The Labute approximate surface area is 213 Å². The van der Waals surface area contributed by atoms with Crippen molar-refractivity contribution in [1.29, 1.82) is 0 Å². The lowest BCUT2D eigenvalue weighted by atomic mass is 10.0. The smallest absolute Gasteiger partial charge is 0.191 e. The molecule has 0 aliphatic carbocycles. The molecule has 7 nitrogen and oxygen atoms in total. The van der Waals surface area contributed by atoms with E-state index in [1.165, 1.54) is 16.7 Å². The molecule has 4 rings (SSSR count). The fourth-order valence-electron chi connectivity index (χ4n) is 4.07. The van der Waals surface area contributed by atoms with Gasteiger partial charge >= 0.3 is 0 Å². The lowest BCUT2D eigenvalue weighted by Crippen LogP contribution is -2.46. The molecular formula is C25H33IN6O. The summed E-state index contributed by atoms with van der Waals surface area (Å²) in [6.07, 6.45) is 3.80. The molecule has 33 heavy (non-hydrogen) atoms. The standard InChI is InChI=1S/C25H32N6O.HI/c1-26-25(27-18-22-10-5-6-11-23(22)20-31-13-7-12-29-31)28-19-24(21-8-3-2-4-9-21)30-14-16-32-17-15-30;/h2-13,24H,14-20H2,1H3,(H2,26,27,28);1H. The number of ether oxygens (including phenoxy) is 1. The summed E-state index contributed by atoms with van der Waals surface area (Å²) in [5.41, 5.74) is 3.79. The minimum atomic E-state index is 0. The van der Waals surface area contributed by atoms with E-state index in [2.05, 4.69) is 80.2 Å². The quantitative estimate of drug-likeness (QED) is 0.252. The van der Waals surface area contributed by atoms with Gasteiger partial charge in [0.1, 0.15) is 0 Å². The fourth-order valence-corrected chi connectivity index (χ4v) is 4.07. The second-order valence-electron chi connectivity index (χ2n) is 7.85. The number of rotatable bonds is 8. The van der Waals surface area contributed by atoms with Crippen LogP contribution in [0.2, 0.25) is 0 Å². The van der Waals surface area contributed by atoms with Gasteiger partial charge < -0.3 is 15.4 Å². The normalized spacial score (nSPS) is 15.5. The van der Waals surface area contributed by atoms with Crippen LogP contribution in [0.25, 0.3) is 0 Å². The third-order valence-electron chi connectivity index (χ3n) is 5.81. The zero-order chi connectivity index (χ0) is 22.0. The van der Waals surface area contributed by atoms with Crippen LogP contribution >= 0.6 is 24.0 Å². The van der Waals surface area contributed by atoms with Gasteiger partial charge in [-0.05, 0) is 22.8 Å². The minimum Gasteiger partial charge on any atom is -0.379 e. The second kappa shape index (κ2) is 13.3. The average molecular weight is 560 g/mol. The highest BCUT2D eigenvalue weighted by Gasteiger charge is 2.22. The molecule has 0 spiro atoms. The van der Waals surface area contributed by atoms with Crippen molar-refractivity contribution in [2.75, 3.05) is 39.9 Å². The maximum atomic E-state index is 5.56. The van der Waals surface area contributed by atoms with Crippen LogP contribution in [0, 0.1) is 0 Å². The molecule has 1 atom stereocenters. The molecular weight excluding hydrogens is 527 g/mol. The van der Waals surface area contributed by atoms with Gasteiger partial charge in [0, 0.05) is 45.6 Å². The molecule has 2 heterocycles. The van der Waals surface area contributed by atoms with E-state index in [1.54, 1.807) is 0 Å². The molecule has 3 aromatic rings. The van der Waals surface area contributed by atoms with Crippen LogP contribution in [0.15, 0.2) is 78.0 Å². The maximum absolute atomic E-state index is 5.56. The highest BCUT2D eigenvalue weighted by molar-refractivity contribution is 14.0. The van der Waals surface area contributed by atoms with E-state index in [4.69, 9.17) is 4.74 Å². The lowest BCUT2D eigenvalue weighted by Gasteiger charge is -2.35. The topological polar surface area (TPSA) is 66.7 Å². The highest BCUT2D eigenvalue weighted by Crippen LogP contribution is 2.21. The van der Waals surface area contributed by atoms with Crippen LogP contribution in [-0.4, -0.2) is 60.5 Å².